The highest BCUT2D eigenvalue weighted by Crippen LogP contribution is 2.39. The number of aromatic nitrogens is 2. The molecule has 45 heavy (non-hydrogen) atoms. The SMILES string of the molecule is C#Cc1c(F)ccc2cc(O)cc(-c3oc(=O)c4c(NCC5(NC)CCC5)nc(OC)nc4c3C)c12.FC1CC2CCCN2C1. The molecule has 4 heterocycles. The summed E-state index contributed by atoms with van der Waals surface area (Å²) in [4.78, 5) is 24.4. The summed E-state index contributed by atoms with van der Waals surface area (Å²) in [6.45, 7) is 4.14. The first-order valence-electron chi connectivity index (χ1n) is 15.3. The molecule has 0 amide bonds. The number of ether oxygens (including phenoxy) is 1. The van der Waals surface area contributed by atoms with Gasteiger partial charge in [0.05, 0.1) is 18.2 Å². The molecule has 0 bridgehead atoms. The topological polar surface area (TPSA) is 113 Å². The second-order valence-corrected chi connectivity index (χ2v) is 12.1. The van der Waals surface area contributed by atoms with Gasteiger partial charge in [0.2, 0.25) is 0 Å². The number of phenolic OH excluding ortho intramolecular Hbond substituents is 1. The molecule has 3 aliphatic rings. The van der Waals surface area contributed by atoms with Crippen molar-refractivity contribution in [1.29, 1.82) is 0 Å². The maximum Gasteiger partial charge on any atom is 0.349 e. The first-order valence-corrected chi connectivity index (χ1v) is 15.3. The number of hydrogen-bond acceptors (Lipinski definition) is 9. The molecule has 2 aliphatic heterocycles. The molecule has 3 fully saturated rings. The van der Waals surface area contributed by atoms with Crippen LogP contribution >= 0.6 is 0 Å². The molecule has 1 saturated carbocycles. The fourth-order valence-corrected chi connectivity index (χ4v) is 6.85. The van der Waals surface area contributed by atoms with Crippen LogP contribution in [0.4, 0.5) is 14.6 Å². The van der Waals surface area contributed by atoms with Crippen molar-refractivity contribution >= 4 is 27.5 Å². The molecule has 11 heteroatoms. The molecule has 0 radical (unpaired) electrons. The van der Waals surface area contributed by atoms with Crippen LogP contribution in [-0.2, 0) is 0 Å². The fraction of sp³-hybridized carbons (Fsp3) is 0.441. The number of hydrogen-bond donors (Lipinski definition) is 3. The Labute approximate surface area is 260 Å². The van der Waals surface area contributed by atoms with Gasteiger partial charge in [0.25, 0.3) is 0 Å². The maximum atomic E-state index is 14.6. The van der Waals surface area contributed by atoms with Crippen molar-refractivity contribution in [3.63, 3.8) is 0 Å². The molecule has 236 valence electrons. The van der Waals surface area contributed by atoms with Gasteiger partial charge in [0.15, 0.2) is 0 Å². The molecular weight excluding hydrogens is 580 g/mol. The number of benzene rings is 2. The number of alkyl halides is 1. The van der Waals surface area contributed by atoms with Crippen molar-refractivity contribution in [3.05, 3.63) is 51.6 Å². The minimum Gasteiger partial charge on any atom is -0.508 e. The van der Waals surface area contributed by atoms with Crippen molar-refractivity contribution < 1.29 is 23.0 Å². The first-order chi connectivity index (χ1) is 21.7. The lowest BCUT2D eigenvalue weighted by molar-refractivity contribution is 0.214. The van der Waals surface area contributed by atoms with E-state index in [4.69, 9.17) is 15.6 Å². The summed E-state index contributed by atoms with van der Waals surface area (Å²) in [7, 11) is 3.36. The Morgan fingerprint density at radius 3 is 2.71 bits per heavy atom. The third-order valence-corrected chi connectivity index (χ3v) is 9.50. The summed E-state index contributed by atoms with van der Waals surface area (Å²) in [5.41, 5.74) is 0.334. The van der Waals surface area contributed by atoms with E-state index in [1.54, 1.807) is 6.92 Å². The number of phenols is 1. The zero-order chi connectivity index (χ0) is 31.9. The van der Waals surface area contributed by atoms with Crippen LogP contribution in [-0.4, -0.2) is 71.5 Å². The van der Waals surface area contributed by atoms with Gasteiger partial charge in [0, 0.05) is 41.2 Å². The monoisotopic (exact) mass is 617 g/mol. The molecule has 2 atom stereocenters. The van der Waals surface area contributed by atoms with E-state index in [1.807, 2.05) is 7.05 Å². The first kappa shape index (κ1) is 30.7. The standard InChI is InChI=1S/C27H25FN4O4.C7H12FN/c1-5-17-19(28)8-7-15-11-16(33)12-18(20(15)17)23-14(2)22-21(25(34)36-23)24(32-26(31-22)35-4)30-13-27(29-3)9-6-10-27;8-6-4-7-2-1-3-9(7)5-6/h1,7-8,11-12,29,33H,6,9-10,13H2,2-4H3,(H,30,31,32);6-7H,1-5H2. The van der Waals surface area contributed by atoms with Gasteiger partial charge in [0.1, 0.15) is 34.7 Å². The summed E-state index contributed by atoms with van der Waals surface area (Å²) in [6, 6.07) is 6.30. The van der Waals surface area contributed by atoms with Gasteiger partial charge in [-0.05, 0) is 82.6 Å². The van der Waals surface area contributed by atoms with Crippen molar-refractivity contribution in [1.82, 2.24) is 20.2 Å². The average Bonchev–Trinajstić information content (AvgIpc) is 3.59. The predicted octanol–water partition coefficient (Wildman–Crippen LogP) is 5.29. The summed E-state index contributed by atoms with van der Waals surface area (Å²) < 4.78 is 38.3. The molecule has 2 aromatic heterocycles. The molecular formula is C34H37F2N5O4. The third-order valence-electron chi connectivity index (χ3n) is 9.50. The second-order valence-electron chi connectivity index (χ2n) is 12.1. The van der Waals surface area contributed by atoms with E-state index in [1.165, 1.54) is 44.2 Å². The number of likely N-dealkylation sites (N-methyl/N-ethyl adjacent to an activating group) is 1. The summed E-state index contributed by atoms with van der Waals surface area (Å²) in [5.74, 6) is 2.11. The van der Waals surface area contributed by atoms with Crippen LogP contribution in [0.2, 0.25) is 0 Å². The largest absolute Gasteiger partial charge is 0.508 e. The van der Waals surface area contributed by atoms with E-state index < -0.39 is 17.6 Å². The number of nitrogens with one attached hydrogen (secondary N) is 2. The number of nitrogens with zero attached hydrogens (tertiary/aromatic N) is 3. The van der Waals surface area contributed by atoms with Crippen LogP contribution in [0.25, 0.3) is 33.0 Å². The molecule has 3 N–H and O–H groups in total. The number of halogens is 2. The Morgan fingerprint density at radius 2 is 2.04 bits per heavy atom. The lowest BCUT2D eigenvalue weighted by Gasteiger charge is -2.42. The Hall–Kier alpha value is -4.27. The van der Waals surface area contributed by atoms with E-state index in [0.717, 1.165) is 32.2 Å². The zero-order valence-electron chi connectivity index (χ0n) is 25.7. The number of fused-ring (bicyclic) bond motifs is 3. The minimum absolute atomic E-state index is 0.00475. The van der Waals surface area contributed by atoms with Crippen LogP contribution in [0, 0.1) is 25.1 Å². The number of terminal acetylenes is 1. The number of aromatic hydroxyl groups is 1. The number of aryl methyl sites for hydroxylation is 1. The fourth-order valence-electron chi connectivity index (χ4n) is 6.85. The Kier molecular flexibility index (Phi) is 8.37. The van der Waals surface area contributed by atoms with Crippen molar-refractivity contribution in [3.8, 4) is 35.4 Å². The highest BCUT2D eigenvalue weighted by molar-refractivity contribution is 6.03. The third kappa shape index (κ3) is 5.69. The number of rotatable bonds is 6. The van der Waals surface area contributed by atoms with E-state index >= 15 is 0 Å². The van der Waals surface area contributed by atoms with Gasteiger partial charge in [-0.15, -0.1) is 6.42 Å². The van der Waals surface area contributed by atoms with Gasteiger partial charge < -0.3 is 24.9 Å². The van der Waals surface area contributed by atoms with Crippen molar-refractivity contribution in [2.75, 3.05) is 39.1 Å². The van der Waals surface area contributed by atoms with E-state index in [-0.39, 0.29) is 39.6 Å². The van der Waals surface area contributed by atoms with Crippen molar-refractivity contribution in [2.24, 2.45) is 0 Å². The smallest absolute Gasteiger partial charge is 0.349 e. The van der Waals surface area contributed by atoms with Crippen LogP contribution < -0.4 is 21.0 Å². The van der Waals surface area contributed by atoms with Crippen LogP contribution in [0.5, 0.6) is 11.8 Å². The van der Waals surface area contributed by atoms with E-state index in [9.17, 15) is 18.7 Å². The second kappa shape index (κ2) is 12.3. The number of anilines is 1. The van der Waals surface area contributed by atoms with Gasteiger partial charge in [-0.25, -0.2) is 13.6 Å². The molecule has 0 spiro atoms. The highest BCUT2D eigenvalue weighted by Gasteiger charge is 2.36. The van der Waals surface area contributed by atoms with Crippen molar-refractivity contribution in [2.45, 2.75) is 63.2 Å². The summed E-state index contributed by atoms with van der Waals surface area (Å²) in [6.07, 6.45) is 11.6. The quantitative estimate of drug-likeness (QED) is 0.249. The molecule has 2 unspecified atom stereocenters. The molecule has 9 nitrogen and oxygen atoms in total. The average molecular weight is 618 g/mol. The molecule has 2 aromatic carbocycles. The van der Waals surface area contributed by atoms with Gasteiger partial charge in [-0.1, -0.05) is 12.0 Å². The highest BCUT2D eigenvalue weighted by atomic mass is 19.1. The maximum absolute atomic E-state index is 14.6. The van der Waals surface area contributed by atoms with Gasteiger partial charge in [-0.2, -0.15) is 9.97 Å². The molecule has 1 aliphatic carbocycles. The summed E-state index contributed by atoms with van der Waals surface area (Å²) >= 11 is 0. The Morgan fingerprint density at radius 1 is 1.24 bits per heavy atom. The Balaban J connectivity index is 0.000000337. The van der Waals surface area contributed by atoms with Crippen LogP contribution in [0.3, 0.4) is 0 Å². The molecule has 4 aromatic rings. The van der Waals surface area contributed by atoms with E-state index in [2.05, 4.69) is 31.4 Å². The predicted molar refractivity (Wildman–Crippen MR) is 170 cm³/mol. The minimum atomic E-state index is -0.682. The lowest BCUT2D eigenvalue weighted by Crippen LogP contribution is -2.54. The Bertz CT molecular complexity index is 1850. The van der Waals surface area contributed by atoms with Gasteiger partial charge in [-0.3, -0.25) is 4.90 Å². The van der Waals surface area contributed by atoms with Crippen LogP contribution in [0.15, 0.2) is 33.5 Å². The van der Waals surface area contributed by atoms with Crippen LogP contribution in [0.1, 0.15) is 49.7 Å². The van der Waals surface area contributed by atoms with E-state index in [0.29, 0.717) is 46.8 Å². The molecule has 2 saturated heterocycles. The van der Waals surface area contributed by atoms with Gasteiger partial charge >= 0.3 is 11.6 Å². The molecule has 7 rings (SSSR count). The zero-order valence-corrected chi connectivity index (χ0v) is 25.7. The lowest BCUT2D eigenvalue weighted by atomic mass is 9.77. The number of methoxy groups -OCH3 is 1. The normalized spacial score (nSPS) is 20.3. The summed E-state index contributed by atoms with van der Waals surface area (Å²) in [5, 5.41) is 18.0.